The van der Waals surface area contributed by atoms with E-state index in [2.05, 4.69) is 10.5 Å². The third-order valence-corrected chi connectivity index (χ3v) is 2.79. The lowest BCUT2D eigenvalue weighted by Crippen LogP contribution is -2.19. The molecule has 6 heteroatoms. The molecule has 108 valence electrons. The van der Waals surface area contributed by atoms with Gasteiger partial charge in [-0.1, -0.05) is 12.1 Å². The van der Waals surface area contributed by atoms with Gasteiger partial charge >= 0.3 is 0 Å². The van der Waals surface area contributed by atoms with Crippen LogP contribution in [0.2, 0.25) is 0 Å². The van der Waals surface area contributed by atoms with Crippen molar-refractivity contribution in [2.75, 3.05) is 5.73 Å². The number of nitrogens with zero attached hydrogens (tertiary/aromatic N) is 1. The Morgan fingerprint density at radius 2 is 1.76 bits per heavy atom. The fourth-order valence-electron chi connectivity index (χ4n) is 1.75. The topological polar surface area (TPSA) is 108 Å². The Morgan fingerprint density at radius 3 is 2.38 bits per heavy atom. The summed E-state index contributed by atoms with van der Waals surface area (Å²) in [6.45, 7) is 1.73. The molecule has 0 aliphatic heterocycles. The number of anilines is 1. The zero-order valence-electron chi connectivity index (χ0n) is 11.4. The molecule has 5 N–H and O–H groups in total. The lowest BCUT2D eigenvalue weighted by atomic mass is 10.1. The van der Waals surface area contributed by atoms with E-state index in [0.29, 0.717) is 11.4 Å². The number of carbonyl (C=O) groups is 1. The van der Waals surface area contributed by atoms with Crippen molar-refractivity contribution in [1.29, 1.82) is 0 Å². The van der Waals surface area contributed by atoms with Gasteiger partial charge in [-0.15, -0.1) is 0 Å². The number of amides is 1. The second-order valence-electron chi connectivity index (χ2n) is 4.50. The summed E-state index contributed by atoms with van der Waals surface area (Å²) in [6, 6.07) is 10.7. The van der Waals surface area contributed by atoms with E-state index in [9.17, 15) is 15.0 Å². The molecule has 2 rings (SSSR count). The molecule has 6 nitrogen and oxygen atoms in total. The zero-order chi connectivity index (χ0) is 15.4. The number of nitrogens with one attached hydrogen (secondary N) is 1. The number of nitrogens with two attached hydrogens (primary N) is 1. The largest absolute Gasteiger partial charge is 0.508 e. The van der Waals surface area contributed by atoms with Crippen molar-refractivity contribution in [1.82, 2.24) is 5.43 Å². The molecule has 0 heterocycles. The van der Waals surface area contributed by atoms with Crippen molar-refractivity contribution in [3.05, 3.63) is 53.6 Å². The van der Waals surface area contributed by atoms with Gasteiger partial charge in [0.1, 0.15) is 11.5 Å². The average molecular weight is 285 g/mol. The van der Waals surface area contributed by atoms with Crippen LogP contribution in [-0.2, 0) is 0 Å². The van der Waals surface area contributed by atoms with Crippen molar-refractivity contribution in [2.24, 2.45) is 5.10 Å². The molecule has 2 aromatic carbocycles. The number of phenols is 2. The first-order valence-electron chi connectivity index (χ1n) is 6.19. The smallest absolute Gasteiger partial charge is 0.271 e. The molecule has 0 fully saturated rings. The molecule has 0 bridgehead atoms. The summed E-state index contributed by atoms with van der Waals surface area (Å²) in [5, 5.41) is 22.6. The number of carbonyl (C=O) groups excluding carboxylic acids is 1. The van der Waals surface area contributed by atoms with Gasteiger partial charge in [-0.25, -0.2) is 5.43 Å². The highest BCUT2D eigenvalue weighted by atomic mass is 16.3. The van der Waals surface area contributed by atoms with Gasteiger partial charge in [0.15, 0.2) is 0 Å². The number of nitrogen functional groups attached to an aromatic ring is 1. The van der Waals surface area contributed by atoms with Gasteiger partial charge in [-0.2, -0.15) is 5.10 Å². The number of hydrazone groups is 1. The van der Waals surface area contributed by atoms with Crippen LogP contribution < -0.4 is 11.2 Å². The van der Waals surface area contributed by atoms with Gasteiger partial charge in [-0.05, 0) is 36.8 Å². The van der Waals surface area contributed by atoms with Gasteiger partial charge in [0.25, 0.3) is 5.91 Å². The molecule has 0 atom stereocenters. The lowest BCUT2D eigenvalue weighted by Gasteiger charge is -2.05. The first-order valence-corrected chi connectivity index (χ1v) is 6.19. The van der Waals surface area contributed by atoms with Crippen molar-refractivity contribution < 1.29 is 15.0 Å². The number of hydrogen-bond donors (Lipinski definition) is 4. The molecule has 0 unspecified atom stereocenters. The highest BCUT2D eigenvalue weighted by Crippen LogP contribution is 2.20. The standard InChI is InChI=1S/C15H15N3O3/c1-9(10-3-2-4-12(16)5-10)17-18-15(21)11-6-13(19)8-14(20)7-11/h2-8,19-20H,16H2,1H3,(H,18,21)/b17-9+. The molecule has 0 saturated carbocycles. The quantitative estimate of drug-likeness (QED) is 0.392. The average Bonchev–Trinajstić information content (AvgIpc) is 2.43. The molecule has 0 spiro atoms. The second kappa shape index (κ2) is 5.96. The van der Waals surface area contributed by atoms with Crippen LogP contribution in [0.4, 0.5) is 5.69 Å². The first kappa shape index (κ1) is 14.4. The molecule has 0 radical (unpaired) electrons. The van der Waals surface area contributed by atoms with Crippen LogP contribution in [0.3, 0.4) is 0 Å². The lowest BCUT2D eigenvalue weighted by molar-refractivity contribution is 0.0954. The maximum atomic E-state index is 11.9. The summed E-state index contributed by atoms with van der Waals surface area (Å²) in [6.07, 6.45) is 0. The maximum Gasteiger partial charge on any atom is 0.271 e. The highest BCUT2D eigenvalue weighted by Gasteiger charge is 2.08. The van der Waals surface area contributed by atoms with Crippen molar-refractivity contribution in [3.63, 3.8) is 0 Å². The zero-order valence-corrected chi connectivity index (χ0v) is 11.4. The van der Waals surface area contributed by atoms with Crippen LogP contribution in [0, 0.1) is 0 Å². The SMILES string of the molecule is C/C(=N\NC(=O)c1cc(O)cc(O)c1)c1cccc(N)c1. The minimum Gasteiger partial charge on any atom is -0.508 e. The number of benzene rings is 2. The van der Waals surface area contributed by atoms with Gasteiger partial charge in [0.05, 0.1) is 5.71 Å². The van der Waals surface area contributed by atoms with E-state index in [-0.39, 0.29) is 17.1 Å². The third-order valence-electron chi connectivity index (χ3n) is 2.79. The fraction of sp³-hybridized carbons (Fsp3) is 0.0667. The third kappa shape index (κ3) is 3.73. The Labute approximate surface area is 121 Å². The fourth-order valence-corrected chi connectivity index (χ4v) is 1.75. The Balaban J connectivity index is 2.14. The van der Waals surface area contributed by atoms with E-state index in [1.165, 1.54) is 12.1 Å². The maximum absolute atomic E-state index is 11.9. The summed E-state index contributed by atoms with van der Waals surface area (Å²) in [5.74, 6) is -0.933. The summed E-state index contributed by atoms with van der Waals surface area (Å²) in [7, 11) is 0. The molecule has 2 aromatic rings. The Morgan fingerprint density at radius 1 is 1.10 bits per heavy atom. The number of hydrogen-bond acceptors (Lipinski definition) is 5. The minimum absolute atomic E-state index is 0.108. The van der Waals surface area contributed by atoms with E-state index in [0.717, 1.165) is 11.6 Å². The van der Waals surface area contributed by atoms with Crippen molar-refractivity contribution >= 4 is 17.3 Å². The predicted molar refractivity (Wildman–Crippen MR) is 80.3 cm³/mol. The van der Waals surface area contributed by atoms with Gasteiger partial charge < -0.3 is 15.9 Å². The van der Waals surface area contributed by atoms with Crippen molar-refractivity contribution in [3.8, 4) is 11.5 Å². The molecule has 0 aliphatic rings. The van der Waals surface area contributed by atoms with E-state index in [1.54, 1.807) is 25.1 Å². The highest BCUT2D eigenvalue weighted by molar-refractivity contribution is 6.01. The van der Waals surface area contributed by atoms with Crippen LogP contribution in [0.1, 0.15) is 22.8 Å². The van der Waals surface area contributed by atoms with Crippen LogP contribution in [0.15, 0.2) is 47.6 Å². The van der Waals surface area contributed by atoms with E-state index < -0.39 is 5.91 Å². The van der Waals surface area contributed by atoms with Crippen LogP contribution in [-0.4, -0.2) is 21.8 Å². The predicted octanol–water partition coefficient (Wildman–Crippen LogP) is 1.83. The Kier molecular flexibility index (Phi) is 4.08. The minimum atomic E-state index is -0.538. The molecule has 0 aromatic heterocycles. The molecule has 0 saturated heterocycles. The summed E-state index contributed by atoms with van der Waals surface area (Å²) in [5.41, 5.74) is 10.1. The van der Waals surface area contributed by atoms with Gasteiger partial charge in [0.2, 0.25) is 0 Å². The second-order valence-corrected chi connectivity index (χ2v) is 4.50. The molecule has 0 aliphatic carbocycles. The summed E-state index contributed by atoms with van der Waals surface area (Å²) in [4.78, 5) is 11.9. The van der Waals surface area contributed by atoms with Crippen LogP contribution in [0.25, 0.3) is 0 Å². The normalized spacial score (nSPS) is 11.2. The first-order chi connectivity index (χ1) is 9.95. The Hall–Kier alpha value is -3.02. The number of aromatic hydroxyl groups is 2. The monoisotopic (exact) mass is 285 g/mol. The van der Waals surface area contributed by atoms with E-state index in [1.807, 2.05) is 6.07 Å². The summed E-state index contributed by atoms with van der Waals surface area (Å²) < 4.78 is 0. The Bertz CT molecular complexity index is 691. The number of rotatable bonds is 3. The molecular formula is C15H15N3O3. The van der Waals surface area contributed by atoms with E-state index >= 15 is 0 Å². The summed E-state index contributed by atoms with van der Waals surface area (Å²) >= 11 is 0. The van der Waals surface area contributed by atoms with Crippen LogP contribution in [0.5, 0.6) is 11.5 Å². The van der Waals surface area contributed by atoms with E-state index in [4.69, 9.17) is 5.73 Å². The molecule has 1 amide bonds. The van der Waals surface area contributed by atoms with Crippen molar-refractivity contribution in [2.45, 2.75) is 6.92 Å². The van der Waals surface area contributed by atoms with Gasteiger partial charge in [0, 0.05) is 17.3 Å². The molecular weight excluding hydrogens is 270 g/mol. The molecule has 21 heavy (non-hydrogen) atoms. The van der Waals surface area contributed by atoms with Crippen LogP contribution >= 0.6 is 0 Å². The van der Waals surface area contributed by atoms with Gasteiger partial charge in [-0.3, -0.25) is 4.79 Å². The number of phenolic OH excluding ortho intramolecular Hbond substituents is 2.